The summed E-state index contributed by atoms with van der Waals surface area (Å²) >= 11 is 5.21. The standard InChI is InChI=1S/C23H19F6N3S/c24-22(25,26)16-11-17(23(27,28)29)13-18(12-16)31-21(33)32-20(15-9-5-2-6-10-15)19(30)14-7-3-1-4-8-14/h1-13,19-20H,30H2,(H2,31,32,33)/t19-,20-/m1/s1. The van der Waals surface area contributed by atoms with E-state index in [4.69, 9.17) is 18.0 Å². The van der Waals surface area contributed by atoms with Crippen LogP contribution >= 0.6 is 12.2 Å². The summed E-state index contributed by atoms with van der Waals surface area (Å²) in [5.41, 5.74) is 4.59. The van der Waals surface area contributed by atoms with Crippen LogP contribution < -0.4 is 16.4 Å². The highest BCUT2D eigenvalue weighted by molar-refractivity contribution is 7.80. The van der Waals surface area contributed by atoms with Gasteiger partial charge in [-0.1, -0.05) is 60.7 Å². The second kappa shape index (κ2) is 9.80. The van der Waals surface area contributed by atoms with E-state index in [1.807, 2.05) is 6.07 Å². The molecule has 174 valence electrons. The van der Waals surface area contributed by atoms with E-state index in [2.05, 4.69) is 10.6 Å². The number of rotatable bonds is 5. The molecule has 0 spiro atoms. The summed E-state index contributed by atoms with van der Waals surface area (Å²) in [4.78, 5) is 0. The van der Waals surface area contributed by atoms with E-state index < -0.39 is 41.3 Å². The molecule has 3 aromatic rings. The van der Waals surface area contributed by atoms with Crippen molar-refractivity contribution >= 4 is 23.0 Å². The Bertz CT molecular complexity index is 1050. The Labute approximate surface area is 191 Å². The molecule has 3 aromatic carbocycles. The lowest BCUT2D eigenvalue weighted by molar-refractivity contribution is -0.143. The molecule has 3 nitrogen and oxygen atoms in total. The van der Waals surface area contributed by atoms with E-state index in [0.717, 1.165) is 11.1 Å². The number of anilines is 1. The topological polar surface area (TPSA) is 50.1 Å². The van der Waals surface area contributed by atoms with E-state index in [1.54, 1.807) is 54.6 Å². The van der Waals surface area contributed by atoms with Crippen molar-refractivity contribution < 1.29 is 26.3 Å². The Balaban J connectivity index is 1.89. The van der Waals surface area contributed by atoms with Gasteiger partial charge in [-0.15, -0.1) is 0 Å². The maximum absolute atomic E-state index is 13.1. The molecule has 0 saturated heterocycles. The van der Waals surface area contributed by atoms with E-state index in [-0.39, 0.29) is 11.2 Å². The molecular weight excluding hydrogens is 464 g/mol. The average Bonchev–Trinajstić information content (AvgIpc) is 2.77. The lowest BCUT2D eigenvalue weighted by Gasteiger charge is -2.27. The van der Waals surface area contributed by atoms with Gasteiger partial charge in [-0.05, 0) is 41.5 Å². The molecule has 0 aliphatic heterocycles. The van der Waals surface area contributed by atoms with Crippen molar-refractivity contribution in [2.75, 3.05) is 5.32 Å². The smallest absolute Gasteiger partial charge is 0.354 e. The van der Waals surface area contributed by atoms with Crippen molar-refractivity contribution in [3.8, 4) is 0 Å². The predicted molar refractivity (Wildman–Crippen MR) is 118 cm³/mol. The molecule has 0 aliphatic rings. The van der Waals surface area contributed by atoms with Gasteiger partial charge in [-0.3, -0.25) is 0 Å². The first-order chi connectivity index (χ1) is 15.4. The lowest BCUT2D eigenvalue weighted by atomic mass is 9.94. The maximum Gasteiger partial charge on any atom is 0.416 e. The first kappa shape index (κ1) is 24.5. The molecule has 0 unspecified atom stereocenters. The number of hydrogen-bond acceptors (Lipinski definition) is 2. The zero-order valence-corrected chi connectivity index (χ0v) is 17.7. The van der Waals surface area contributed by atoms with E-state index in [1.165, 1.54) is 0 Å². The van der Waals surface area contributed by atoms with Gasteiger partial charge in [0.2, 0.25) is 0 Å². The summed E-state index contributed by atoms with van der Waals surface area (Å²) in [6.07, 6.45) is -9.93. The summed E-state index contributed by atoms with van der Waals surface area (Å²) in [6.45, 7) is 0. The zero-order valence-electron chi connectivity index (χ0n) is 16.9. The fourth-order valence-corrected chi connectivity index (χ4v) is 3.49. The summed E-state index contributed by atoms with van der Waals surface area (Å²) in [5.74, 6) is 0. The number of nitrogens with one attached hydrogen (secondary N) is 2. The van der Waals surface area contributed by atoms with Crippen molar-refractivity contribution in [1.29, 1.82) is 0 Å². The highest BCUT2D eigenvalue weighted by Crippen LogP contribution is 2.37. The van der Waals surface area contributed by atoms with Crippen LogP contribution in [0.2, 0.25) is 0 Å². The fraction of sp³-hybridized carbons (Fsp3) is 0.174. The van der Waals surface area contributed by atoms with E-state index >= 15 is 0 Å². The summed E-state index contributed by atoms with van der Waals surface area (Å²) < 4.78 is 78.8. The molecule has 10 heteroatoms. The molecule has 2 atom stereocenters. The van der Waals surface area contributed by atoms with Crippen molar-refractivity contribution in [3.63, 3.8) is 0 Å². The number of alkyl halides is 6. The summed E-state index contributed by atoms with van der Waals surface area (Å²) in [5, 5.41) is 5.19. The zero-order chi connectivity index (χ0) is 24.2. The predicted octanol–water partition coefficient (Wildman–Crippen LogP) is 6.45. The first-order valence-corrected chi connectivity index (χ1v) is 10.1. The van der Waals surface area contributed by atoms with Crippen LogP contribution in [0.15, 0.2) is 78.9 Å². The third kappa shape index (κ3) is 6.45. The van der Waals surface area contributed by atoms with E-state index in [0.29, 0.717) is 12.1 Å². The van der Waals surface area contributed by atoms with Gasteiger partial charge in [-0.2, -0.15) is 26.3 Å². The Morgan fingerprint density at radius 2 is 1.18 bits per heavy atom. The fourth-order valence-electron chi connectivity index (χ4n) is 3.24. The van der Waals surface area contributed by atoms with Crippen molar-refractivity contribution in [2.24, 2.45) is 5.73 Å². The van der Waals surface area contributed by atoms with Gasteiger partial charge in [-0.25, -0.2) is 0 Å². The van der Waals surface area contributed by atoms with Crippen LogP contribution in [-0.4, -0.2) is 5.11 Å². The number of thiocarbonyl (C=S) groups is 1. The molecule has 4 N–H and O–H groups in total. The van der Waals surface area contributed by atoms with E-state index in [9.17, 15) is 26.3 Å². The van der Waals surface area contributed by atoms with Gasteiger partial charge in [0, 0.05) is 5.69 Å². The van der Waals surface area contributed by atoms with Gasteiger partial charge in [0.15, 0.2) is 5.11 Å². The SMILES string of the molecule is N[C@H](c1ccccc1)[C@H](NC(=S)Nc1cc(C(F)(F)F)cc(C(F)(F)F)c1)c1ccccc1. The highest BCUT2D eigenvalue weighted by Gasteiger charge is 2.37. The second-order valence-electron chi connectivity index (χ2n) is 7.22. The molecule has 0 fully saturated rings. The van der Waals surface area contributed by atoms with Crippen molar-refractivity contribution in [3.05, 3.63) is 101 Å². The third-order valence-corrected chi connectivity index (χ3v) is 5.05. The minimum Gasteiger partial charge on any atom is -0.354 e. The van der Waals surface area contributed by atoms with Crippen LogP contribution in [0.3, 0.4) is 0 Å². The van der Waals surface area contributed by atoms with Gasteiger partial charge in [0.1, 0.15) is 0 Å². The van der Waals surface area contributed by atoms with Gasteiger partial charge in [0.25, 0.3) is 0 Å². The molecule has 0 aliphatic carbocycles. The molecule has 3 rings (SSSR count). The highest BCUT2D eigenvalue weighted by atomic mass is 32.1. The second-order valence-corrected chi connectivity index (χ2v) is 7.63. The molecule has 0 amide bonds. The minimum atomic E-state index is -4.96. The molecule has 0 heterocycles. The first-order valence-electron chi connectivity index (χ1n) is 9.67. The lowest BCUT2D eigenvalue weighted by Crippen LogP contribution is -2.38. The molecular formula is C23H19F6N3S. The van der Waals surface area contributed by atoms with Gasteiger partial charge >= 0.3 is 12.4 Å². The Morgan fingerprint density at radius 1 is 0.727 bits per heavy atom. The van der Waals surface area contributed by atoms with Gasteiger partial charge in [0.05, 0.1) is 23.2 Å². The van der Waals surface area contributed by atoms with Crippen LogP contribution in [0, 0.1) is 0 Å². The Hall–Kier alpha value is -3.11. The van der Waals surface area contributed by atoms with Crippen LogP contribution in [-0.2, 0) is 12.4 Å². The summed E-state index contributed by atoms with van der Waals surface area (Å²) in [6, 6.07) is 17.9. The van der Waals surface area contributed by atoms with Gasteiger partial charge < -0.3 is 16.4 Å². The Kier molecular flexibility index (Phi) is 7.28. The number of nitrogens with two attached hydrogens (primary N) is 1. The van der Waals surface area contributed by atoms with Crippen molar-refractivity contribution in [1.82, 2.24) is 5.32 Å². The Morgan fingerprint density at radius 3 is 1.64 bits per heavy atom. The molecule has 0 radical (unpaired) electrons. The number of benzene rings is 3. The average molecular weight is 483 g/mol. The quantitative estimate of drug-likeness (QED) is 0.288. The van der Waals surface area contributed by atoms with Crippen LogP contribution in [0.5, 0.6) is 0 Å². The van der Waals surface area contributed by atoms with Crippen molar-refractivity contribution in [2.45, 2.75) is 24.4 Å². The molecule has 0 aromatic heterocycles. The number of halogens is 6. The molecule has 0 saturated carbocycles. The van der Waals surface area contributed by atoms with Crippen LogP contribution in [0.4, 0.5) is 32.0 Å². The normalized spacial score (nSPS) is 13.8. The molecule has 0 bridgehead atoms. The van der Waals surface area contributed by atoms with Crippen LogP contribution in [0.25, 0.3) is 0 Å². The molecule has 33 heavy (non-hydrogen) atoms. The summed E-state index contributed by atoms with van der Waals surface area (Å²) in [7, 11) is 0. The monoisotopic (exact) mass is 483 g/mol. The largest absolute Gasteiger partial charge is 0.416 e. The maximum atomic E-state index is 13.1. The third-order valence-electron chi connectivity index (χ3n) is 4.83. The number of hydrogen-bond donors (Lipinski definition) is 3. The van der Waals surface area contributed by atoms with Crippen LogP contribution in [0.1, 0.15) is 34.3 Å². The minimum absolute atomic E-state index is 0.0553.